The van der Waals surface area contributed by atoms with E-state index >= 15 is 0 Å². The molecule has 122 valence electrons. The number of amides is 1. The van der Waals surface area contributed by atoms with Gasteiger partial charge in [-0.1, -0.05) is 26.0 Å². The Bertz CT molecular complexity index is 504. The molecule has 3 unspecified atom stereocenters. The zero-order valence-electron chi connectivity index (χ0n) is 13.4. The van der Waals surface area contributed by atoms with Gasteiger partial charge >= 0.3 is 0 Å². The fraction of sp³-hybridized carbons (Fsp3) is 0.611. The van der Waals surface area contributed by atoms with Crippen LogP contribution in [0.3, 0.4) is 0 Å². The van der Waals surface area contributed by atoms with Crippen molar-refractivity contribution >= 4 is 5.91 Å². The monoisotopic (exact) mass is 307 g/mol. The van der Waals surface area contributed by atoms with Gasteiger partial charge in [0.15, 0.2) is 0 Å². The van der Waals surface area contributed by atoms with Crippen LogP contribution in [0.5, 0.6) is 0 Å². The fourth-order valence-corrected chi connectivity index (χ4v) is 3.12. The minimum atomic E-state index is -0.247. The maximum absolute atomic E-state index is 13.2. The Morgan fingerprint density at radius 2 is 2.23 bits per heavy atom. The van der Waals surface area contributed by atoms with Crippen LogP contribution in [0.2, 0.25) is 0 Å². The van der Waals surface area contributed by atoms with Crippen LogP contribution in [-0.2, 0) is 4.79 Å². The molecule has 22 heavy (non-hydrogen) atoms. The highest BCUT2D eigenvalue weighted by Gasteiger charge is 2.43. The third-order valence-corrected chi connectivity index (χ3v) is 4.31. The second kappa shape index (κ2) is 7.73. The zero-order valence-corrected chi connectivity index (χ0v) is 13.4. The van der Waals surface area contributed by atoms with Gasteiger partial charge in [0.2, 0.25) is 5.91 Å². The summed E-state index contributed by atoms with van der Waals surface area (Å²) >= 11 is 0. The first-order chi connectivity index (χ1) is 10.5. The van der Waals surface area contributed by atoms with Crippen molar-refractivity contribution in [3.63, 3.8) is 0 Å². The van der Waals surface area contributed by atoms with E-state index in [1.165, 1.54) is 12.1 Å². The topological polar surface area (TPSA) is 49.3 Å². The van der Waals surface area contributed by atoms with Gasteiger partial charge in [-0.15, -0.1) is 0 Å². The Labute approximate surface area is 131 Å². The number of aliphatic hydroxyl groups is 1. The first-order valence-corrected chi connectivity index (χ1v) is 8.15. The lowest BCUT2D eigenvalue weighted by Gasteiger charge is -2.18. The molecule has 2 N–H and O–H groups in total. The second-order valence-corrected chi connectivity index (χ2v) is 6.76. The van der Waals surface area contributed by atoms with Gasteiger partial charge in [0.05, 0.1) is 0 Å². The minimum absolute atomic E-state index is 0.0318. The normalized spacial score (nSPS) is 21.7. The van der Waals surface area contributed by atoms with E-state index < -0.39 is 0 Å². The average Bonchev–Trinajstić information content (AvgIpc) is 3.24. The van der Waals surface area contributed by atoms with E-state index in [1.54, 1.807) is 6.07 Å². The molecule has 0 bridgehead atoms. The number of halogens is 1. The summed E-state index contributed by atoms with van der Waals surface area (Å²) < 4.78 is 13.2. The number of benzene rings is 1. The zero-order chi connectivity index (χ0) is 16.1. The first-order valence-electron chi connectivity index (χ1n) is 8.15. The van der Waals surface area contributed by atoms with Crippen molar-refractivity contribution in [3.8, 4) is 0 Å². The summed E-state index contributed by atoms with van der Waals surface area (Å²) in [6, 6.07) is 6.52. The predicted molar refractivity (Wildman–Crippen MR) is 84.9 cm³/mol. The predicted octanol–water partition coefficient (Wildman–Crippen LogP) is 3.09. The summed E-state index contributed by atoms with van der Waals surface area (Å²) in [5, 5.41) is 12.1. The lowest BCUT2D eigenvalue weighted by Crippen LogP contribution is -2.31. The molecular formula is C18H26FNO2. The van der Waals surface area contributed by atoms with Gasteiger partial charge in [-0.3, -0.25) is 4.79 Å². The molecule has 3 atom stereocenters. The second-order valence-electron chi connectivity index (χ2n) is 6.76. The Kier molecular flexibility index (Phi) is 5.95. The van der Waals surface area contributed by atoms with Crippen LogP contribution in [0.1, 0.15) is 44.6 Å². The Hall–Kier alpha value is -1.42. The van der Waals surface area contributed by atoms with Gasteiger partial charge in [0.25, 0.3) is 0 Å². The van der Waals surface area contributed by atoms with Crippen LogP contribution in [-0.4, -0.2) is 24.2 Å². The maximum atomic E-state index is 13.2. The van der Waals surface area contributed by atoms with Crippen LogP contribution >= 0.6 is 0 Å². The van der Waals surface area contributed by atoms with E-state index in [0.717, 1.165) is 24.8 Å². The van der Waals surface area contributed by atoms with Crippen molar-refractivity contribution in [3.05, 3.63) is 35.6 Å². The lowest BCUT2D eigenvalue weighted by molar-refractivity contribution is -0.122. The van der Waals surface area contributed by atoms with E-state index in [4.69, 9.17) is 5.11 Å². The highest BCUT2D eigenvalue weighted by atomic mass is 19.1. The van der Waals surface area contributed by atoms with Crippen molar-refractivity contribution in [1.82, 2.24) is 5.32 Å². The minimum Gasteiger partial charge on any atom is -0.396 e. The van der Waals surface area contributed by atoms with Crippen LogP contribution in [0.15, 0.2) is 24.3 Å². The quantitative estimate of drug-likeness (QED) is 0.775. The highest BCUT2D eigenvalue weighted by Crippen LogP contribution is 2.47. The molecule has 1 aliphatic carbocycles. The molecule has 3 nitrogen and oxygen atoms in total. The number of carbonyl (C=O) groups is 1. The van der Waals surface area contributed by atoms with Crippen LogP contribution in [0.25, 0.3) is 0 Å². The van der Waals surface area contributed by atoms with Gasteiger partial charge in [0.1, 0.15) is 5.82 Å². The van der Waals surface area contributed by atoms with Gasteiger partial charge in [0, 0.05) is 19.1 Å². The lowest BCUT2D eigenvalue weighted by atomic mass is 9.94. The van der Waals surface area contributed by atoms with Crippen molar-refractivity contribution in [1.29, 1.82) is 0 Å². The largest absolute Gasteiger partial charge is 0.396 e. The highest BCUT2D eigenvalue weighted by molar-refractivity contribution is 5.82. The summed E-state index contributed by atoms with van der Waals surface area (Å²) in [6.07, 6.45) is 2.51. The van der Waals surface area contributed by atoms with E-state index in [-0.39, 0.29) is 30.2 Å². The average molecular weight is 307 g/mol. The van der Waals surface area contributed by atoms with Crippen LogP contribution in [0.4, 0.5) is 4.39 Å². The molecule has 0 aromatic heterocycles. The smallest absolute Gasteiger partial charge is 0.223 e. The summed E-state index contributed by atoms with van der Waals surface area (Å²) in [5.74, 6) is 0.798. The van der Waals surface area contributed by atoms with Crippen molar-refractivity contribution < 1.29 is 14.3 Å². The summed E-state index contributed by atoms with van der Waals surface area (Å²) in [6.45, 7) is 5.06. The molecule has 1 fully saturated rings. The third-order valence-electron chi connectivity index (χ3n) is 4.31. The maximum Gasteiger partial charge on any atom is 0.223 e. The van der Waals surface area contributed by atoms with E-state index in [9.17, 15) is 9.18 Å². The van der Waals surface area contributed by atoms with E-state index in [2.05, 4.69) is 19.2 Å². The van der Waals surface area contributed by atoms with Gasteiger partial charge in [-0.05, 0) is 54.7 Å². The molecule has 1 aromatic rings. The van der Waals surface area contributed by atoms with Crippen LogP contribution in [0, 0.1) is 23.6 Å². The number of carbonyl (C=O) groups excluding carboxylic acids is 1. The molecule has 4 heteroatoms. The molecule has 1 saturated carbocycles. The summed E-state index contributed by atoms with van der Waals surface area (Å²) in [5.41, 5.74) is 0.911. The third kappa shape index (κ3) is 4.80. The van der Waals surface area contributed by atoms with Gasteiger partial charge in [-0.2, -0.15) is 0 Å². The summed E-state index contributed by atoms with van der Waals surface area (Å²) in [4.78, 5) is 12.2. The van der Waals surface area contributed by atoms with Crippen molar-refractivity contribution in [2.75, 3.05) is 13.2 Å². The van der Waals surface area contributed by atoms with E-state index in [0.29, 0.717) is 18.4 Å². The number of nitrogens with one attached hydrogen (secondary N) is 1. The standard InChI is InChI=1S/C18H26FNO2/c1-12(2)8-13(6-7-21)11-20-18(22)17-10-16(17)14-4-3-5-15(19)9-14/h3-5,9,12-13,16-17,21H,6-8,10-11H2,1-2H3,(H,20,22). The Morgan fingerprint density at radius 1 is 1.45 bits per heavy atom. The first kappa shape index (κ1) is 16.9. The van der Waals surface area contributed by atoms with Crippen molar-refractivity contribution in [2.45, 2.75) is 39.0 Å². The molecular weight excluding hydrogens is 281 g/mol. The molecule has 2 rings (SSSR count). The number of rotatable bonds is 8. The number of aliphatic hydroxyl groups excluding tert-OH is 1. The SMILES string of the molecule is CC(C)CC(CCO)CNC(=O)C1CC1c1cccc(F)c1. The molecule has 1 amide bonds. The fourth-order valence-electron chi connectivity index (χ4n) is 3.12. The van der Waals surface area contributed by atoms with E-state index in [1.807, 2.05) is 6.07 Å². The Morgan fingerprint density at radius 3 is 2.86 bits per heavy atom. The molecule has 0 spiro atoms. The Balaban J connectivity index is 1.81. The summed E-state index contributed by atoms with van der Waals surface area (Å²) in [7, 11) is 0. The molecule has 0 saturated heterocycles. The van der Waals surface area contributed by atoms with Crippen molar-refractivity contribution in [2.24, 2.45) is 17.8 Å². The van der Waals surface area contributed by atoms with Crippen LogP contribution < -0.4 is 5.32 Å². The molecule has 0 radical (unpaired) electrons. The van der Waals surface area contributed by atoms with Gasteiger partial charge in [-0.25, -0.2) is 4.39 Å². The number of hydrogen-bond acceptors (Lipinski definition) is 2. The van der Waals surface area contributed by atoms with Gasteiger partial charge < -0.3 is 10.4 Å². The number of hydrogen-bond donors (Lipinski definition) is 2. The molecule has 1 aromatic carbocycles. The molecule has 0 aliphatic heterocycles. The molecule has 0 heterocycles. The molecule has 1 aliphatic rings.